The molecule has 2 rings (SSSR count). The smallest absolute Gasteiger partial charge is 0.244 e. The largest absolute Gasteiger partial charge is 0.329 e. The zero-order valence-corrected chi connectivity index (χ0v) is 13.2. The molecule has 0 aliphatic rings. The van der Waals surface area contributed by atoms with Crippen LogP contribution in [0, 0.1) is 12.7 Å². The van der Waals surface area contributed by atoms with E-state index in [1.165, 1.54) is 24.0 Å². The Hall–Kier alpha value is -2.69. The van der Waals surface area contributed by atoms with E-state index in [2.05, 4.69) is 5.32 Å². The highest BCUT2D eigenvalue weighted by molar-refractivity contribution is 5.94. The van der Waals surface area contributed by atoms with E-state index in [0.717, 1.165) is 11.1 Å². The molecule has 0 atom stereocenters. The van der Waals surface area contributed by atoms with Crippen LogP contribution in [0.4, 0.5) is 10.1 Å². The van der Waals surface area contributed by atoms with Crippen molar-refractivity contribution in [1.82, 2.24) is 4.90 Å². The van der Waals surface area contributed by atoms with Gasteiger partial charge in [0.1, 0.15) is 12.4 Å². The molecule has 0 saturated heterocycles. The van der Waals surface area contributed by atoms with Crippen LogP contribution in [0.5, 0.6) is 0 Å². The number of hydrogen-bond acceptors (Lipinski definition) is 2. The van der Waals surface area contributed by atoms with Gasteiger partial charge in [-0.05, 0) is 36.8 Å². The predicted molar refractivity (Wildman–Crippen MR) is 87.3 cm³/mol. The van der Waals surface area contributed by atoms with Crippen molar-refractivity contribution in [3.8, 4) is 0 Å². The molecule has 0 radical (unpaired) electrons. The molecule has 5 heteroatoms. The summed E-state index contributed by atoms with van der Waals surface area (Å²) in [4.78, 5) is 25.2. The summed E-state index contributed by atoms with van der Waals surface area (Å²) in [5.74, 6) is -0.820. The Morgan fingerprint density at radius 2 is 1.65 bits per heavy atom. The molecule has 0 bridgehead atoms. The van der Waals surface area contributed by atoms with Crippen molar-refractivity contribution >= 4 is 17.5 Å². The van der Waals surface area contributed by atoms with Crippen molar-refractivity contribution in [2.75, 3.05) is 11.9 Å². The van der Waals surface area contributed by atoms with Gasteiger partial charge in [-0.1, -0.05) is 29.8 Å². The molecule has 0 aliphatic heterocycles. The van der Waals surface area contributed by atoms with Gasteiger partial charge in [0, 0.05) is 19.2 Å². The number of nitrogens with one attached hydrogen (secondary N) is 1. The van der Waals surface area contributed by atoms with Crippen LogP contribution in [0.15, 0.2) is 48.5 Å². The molecule has 2 aromatic rings. The van der Waals surface area contributed by atoms with Crippen molar-refractivity contribution in [1.29, 1.82) is 0 Å². The number of hydrogen-bond donors (Lipinski definition) is 1. The number of carbonyl (C=O) groups is 2. The molecule has 0 fully saturated rings. The zero-order chi connectivity index (χ0) is 16.8. The summed E-state index contributed by atoms with van der Waals surface area (Å²) in [5, 5.41) is 2.76. The lowest BCUT2D eigenvalue weighted by Gasteiger charge is -2.20. The van der Waals surface area contributed by atoms with Crippen LogP contribution in [-0.4, -0.2) is 23.3 Å². The van der Waals surface area contributed by atoms with Gasteiger partial charge in [-0.15, -0.1) is 0 Å². The molecule has 2 aromatic carbocycles. The van der Waals surface area contributed by atoms with E-state index in [1.54, 1.807) is 12.1 Å². The maximum absolute atomic E-state index is 12.9. The van der Waals surface area contributed by atoms with Gasteiger partial charge in [0.2, 0.25) is 11.8 Å². The topological polar surface area (TPSA) is 49.4 Å². The molecule has 0 aliphatic carbocycles. The van der Waals surface area contributed by atoms with Gasteiger partial charge in [-0.25, -0.2) is 4.39 Å². The van der Waals surface area contributed by atoms with Gasteiger partial charge in [0.15, 0.2) is 0 Å². The fourth-order valence-corrected chi connectivity index (χ4v) is 2.10. The van der Waals surface area contributed by atoms with Crippen LogP contribution >= 0.6 is 0 Å². The lowest BCUT2D eigenvalue weighted by Crippen LogP contribution is -2.36. The second kappa shape index (κ2) is 7.54. The maximum atomic E-state index is 12.9. The van der Waals surface area contributed by atoms with E-state index in [-0.39, 0.29) is 30.7 Å². The summed E-state index contributed by atoms with van der Waals surface area (Å²) in [6.07, 6.45) is 0. The zero-order valence-electron chi connectivity index (χ0n) is 13.2. The van der Waals surface area contributed by atoms with Crippen molar-refractivity contribution < 1.29 is 14.0 Å². The minimum absolute atomic E-state index is 0.0550. The quantitative estimate of drug-likeness (QED) is 0.922. The third kappa shape index (κ3) is 5.21. The first-order valence-corrected chi connectivity index (χ1v) is 7.30. The van der Waals surface area contributed by atoms with E-state index in [0.29, 0.717) is 5.69 Å². The summed E-state index contributed by atoms with van der Waals surface area (Å²) in [6.45, 7) is 3.58. The highest BCUT2D eigenvalue weighted by Crippen LogP contribution is 2.10. The van der Waals surface area contributed by atoms with Crippen molar-refractivity contribution in [3.05, 3.63) is 65.5 Å². The van der Waals surface area contributed by atoms with Gasteiger partial charge >= 0.3 is 0 Å². The third-order valence-corrected chi connectivity index (χ3v) is 3.40. The van der Waals surface area contributed by atoms with Gasteiger partial charge in [0.05, 0.1) is 0 Å². The molecular weight excluding hydrogens is 295 g/mol. The van der Waals surface area contributed by atoms with Gasteiger partial charge in [-0.2, -0.15) is 0 Å². The van der Waals surface area contributed by atoms with E-state index in [1.807, 2.05) is 31.2 Å². The number of halogens is 1. The predicted octanol–water partition coefficient (Wildman–Crippen LogP) is 3.12. The molecule has 23 heavy (non-hydrogen) atoms. The van der Waals surface area contributed by atoms with E-state index >= 15 is 0 Å². The fourth-order valence-electron chi connectivity index (χ4n) is 2.10. The normalized spacial score (nSPS) is 10.2. The molecule has 0 saturated carbocycles. The van der Waals surface area contributed by atoms with Crippen molar-refractivity contribution in [2.45, 2.75) is 20.4 Å². The Morgan fingerprint density at radius 1 is 1.04 bits per heavy atom. The Morgan fingerprint density at radius 3 is 2.22 bits per heavy atom. The summed E-state index contributed by atoms with van der Waals surface area (Å²) >= 11 is 0. The number of benzene rings is 2. The fraction of sp³-hybridized carbons (Fsp3) is 0.222. The number of carbonyl (C=O) groups excluding carboxylic acids is 2. The number of amides is 2. The molecule has 0 spiro atoms. The summed E-state index contributed by atoms with van der Waals surface area (Å²) < 4.78 is 12.9. The minimum atomic E-state index is -0.333. The van der Waals surface area contributed by atoms with Crippen LogP contribution in [0.25, 0.3) is 0 Å². The number of nitrogens with zero attached hydrogens (tertiary/aromatic N) is 1. The maximum Gasteiger partial charge on any atom is 0.244 e. The van der Waals surface area contributed by atoms with Crippen LogP contribution in [0.2, 0.25) is 0 Å². The second-order valence-electron chi connectivity index (χ2n) is 5.42. The van der Waals surface area contributed by atoms with Crippen molar-refractivity contribution in [2.24, 2.45) is 0 Å². The Balaban J connectivity index is 1.98. The van der Waals surface area contributed by atoms with Crippen LogP contribution in [-0.2, 0) is 16.1 Å². The lowest BCUT2D eigenvalue weighted by molar-refractivity contribution is -0.133. The van der Waals surface area contributed by atoms with Gasteiger partial charge in [-0.3, -0.25) is 9.59 Å². The average molecular weight is 314 g/mol. The van der Waals surface area contributed by atoms with Crippen molar-refractivity contribution in [3.63, 3.8) is 0 Å². The number of aryl methyl sites for hydroxylation is 1. The lowest BCUT2D eigenvalue weighted by atomic mass is 10.2. The number of rotatable bonds is 5. The molecule has 1 N–H and O–H groups in total. The van der Waals surface area contributed by atoms with Gasteiger partial charge < -0.3 is 10.2 Å². The summed E-state index contributed by atoms with van der Waals surface area (Å²) in [7, 11) is 0. The number of anilines is 1. The Kier molecular flexibility index (Phi) is 5.46. The molecule has 0 aromatic heterocycles. The molecule has 120 valence electrons. The monoisotopic (exact) mass is 314 g/mol. The van der Waals surface area contributed by atoms with E-state index in [9.17, 15) is 14.0 Å². The van der Waals surface area contributed by atoms with Crippen LogP contribution in [0.1, 0.15) is 18.1 Å². The van der Waals surface area contributed by atoms with Gasteiger partial charge in [0.25, 0.3) is 0 Å². The summed E-state index contributed by atoms with van der Waals surface area (Å²) in [6, 6.07) is 13.3. The molecule has 0 unspecified atom stereocenters. The Bertz CT molecular complexity index is 681. The van der Waals surface area contributed by atoms with Crippen LogP contribution < -0.4 is 5.32 Å². The second-order valence-corrected chi connectivity index (χ2v) is 5.42. The molecule has 2 amide bonds. The third-order valence-electron chi connectivity index (χ3n) is 3.40. The molecule has 0 heterocycles. The standard InChI is InChI=1S/C18H19FN2O2/c1-13-3-9-17(10-4-13)20-18(23)12-21(14(2)22)11-15-5-7-16(19)8-6-15/h3-10H,11-12H2,1-2H3,(H,20,23). The first-order valence-electron chi connectivity index (χ1n) is 7.30. The first kappa shape index (κ1) is 16.7. The molecular formula is C18H19FN2O2. The first-order chi connectivity index (χ1) is 10.9. The molecule has 4 nitrogen and oxygen atoms in total. The summed E-state index contributed by atoms with van der Waals surface area (Å²) in [5.41, 5.74) is 2.56. The highest BCUT2D eigenvalue weighted by Gasteiger charge is 2.14. The van der Waals surface area contributed by atoms with Crippen LogP contribution in [0.3, 0.4) is 0 Å². The minimum Gasteiger partial charge on any atom is -0.329 e. The van der Waals surface area contributed by atoms with E-state index < -0.39 is 0 Å². The SMILES string of the molecule is CC(=O)N(CC(=O)Nc1ccc(C)cc1)Cc1ccc(F)cc1. The highest BCUT2D eigenvalue weighted by atomic mass is 19.1. The Labute approximate surface area is 134 Å². The van der Waals surface area contributed by atoms with E-state index in [4.69, 9.17) is 0 Å². The average Bonchev–Trinajstić information content (AvgIpc) is 2.51.